The fourth-order valence-corrected chi connectivity index (χ4v) is 1.97. The summed E-state index contributed by atoms with van der Waals surface area (Å²) in [6.07, 6.45) is -0.545. The van der Waals surface area contributed by atoms with Crippen molar-refractivity contribution in [2.45, 2.75) is 26.9 Å². The molecule has 0 aromatic carbocycles. The van der Waals surface area contributed by atoms with Crippen LogP contribution in [0.5, 0.6) is 0 Å². The molecule has 4 heteroatoms. The van der Waals surface area contributed by atoms with Gasteiger partial charge in [-0.15, -0.1) is 0 Å². The van der Waals surface area contributed by atoms with Crippen LogP contribution in [0.1, 0.15) is 20.8 Å². The molecule has 0 aliphatic heterocycles. The van der Waals surface area contributed by atoms with Gasteiger partial charge < -0.3 is 5.11 Å². The first-order valence-corrected chi connectivity index (χ1v) is 5.59. The lowest BCUT2D eigenvalue weighted by Gasteiger charge is -2.13. The number of hydrogen-bond donors (Lipinski definition) is 1. The average molecular weight is 180 g/mol. The maximum atomic E-state index is 11.0. The molecule has 0 bridgehead atoms. The van der Waals surface area contributed by atoms with Gasteiger partial charge in [0.2, 0.25) is 0 Å². The fraction of sp³-hybridized carbons (Fsp3) is 1.00. The topological polar surface area (TPSA) is 54.4 Å². The van der Waals surface area contributed by atoms with E-state index in [0.717, 1.165) is 0 Å². The summed E-state index contributed by atoms with van der Waals surface area (Å²) in [4.78, 5) is 0. The first kappa shape index (κ1) is 10.9. The minimum atomic E-state index is -2.92. The van der Waals surface area contributed by atoms with E-state index in [1.807, 2.05) is 0 Å². The Morgan fingerprint density at radius 2 is 1.82 bits per heavy atom. The number of aliphatic hydroxyl groups excluding tert-OH is 1. The Kier molecular flexibility index (Phi) is 4.03. The number of hydrogen-bond acceptors (Lipinski definition) is 3. The fourth-order valence-electron chi connectivity index (χ4n) is 0.658. The summed E-state index contributed by atoms with van der Waals surface area (Å²) in [5, 5.41) is 9.02. The van der Waals surface area contributed by atoms with Gasteiger partial charge in [0.15, 0.2) is 0 Å². The van der Waals surface area contributed by atoms with Crippen LogP contribution in [0.3, 0.4) is 0 Å². The van der Waals surface area contributed by atoms with E-state index in [1.54, 1.807) is 20.8 Å². The van der Waals surface area contributed by atoms with Gasteiger partial charge in [0, 0.05) is 5.75 Å². The van der Waals surface area contributed by atoms with E-state index in [9.17, 15) is 8.42 Å². The van der Waals surface area contributed by atoms with Gasteiger partial charge in [-0.25, -0.2) is 8.42 Å². The number of sulfone groups is 1. The molecule has 0 heterocycles. The number of rotatable bonds is 4. The minimum absolute atomic E-state index is 0.0845. The summed E-state index contributed by atoms with van der Waals surface area (Å²) in [7, 11) is -2.92. The Bertz CT molecular complexity index is 194. The predicted octanol–water partition coefficient (Wildman–Crippen LogP) is 0.438. The van der Waals surface area contributed by atoms with Crippen LogP contribution >= 0.6 is 0 Å². The lowest BCUT2D eigenvalue weighted by atomic mass is 10.1. The first-order chi connectivity index (χ1) is 4.89. The molecule has 0 saturated carbocycles. The molecule has 68 valence electrons. The van der Waals surface area contributed by atoms with Crippen molar-refractivity contribution in [1.29, 1.82) is 0 Å². The molecule has 11 heavy (non-hydrogen) atoms. The van der Waals surface area contributed by atoms with Gasteiger partial charge in [-0.2, -0.15) is 0 Å². The van der Waals surface area contributed by atoms with Crippen LogP contribution in [0.4, 0.5) is 0 Å². The summed E-state index contributed by atoms with van der Waals surface area (Å²) in [5.41, 5.74) is 0. The lowest BCUT2D eigenvalue weighted by molar-refractivity contribution is 0.145. The van der Waals surface area contributed by atoms with Crippen molar-refractivity contribution in [1.82, 2.24) is 0 Å². The third-order valence-corrected chi connectivity index (χ3v) is 3.69. The zero-order chi connectivity index (χ0) is 9.07. The highest BCUT2D eigenvalue weighted by Crippen LogP contribution is 2.06. The van der Waals surface area contributed by atoms with Gasteiger partial charge in [-0.1, -0.05) is 13.8 Å². The Morgan fingerprint density at radius 3 is 2.09 bits per heavy atom. The van der Waals surface area contributed by atoms with Gasteiger partial charge in [-0.05, 0) is 12.8 Å². The second-order valence-electron chi connectivity index (χ2n) is 2.92. The van der Waals surface area contributed by atoms with Crippen molar-refractivity contribution in [2.75, 3.05) is 11.5 Å². The third kappa shape index (κ3) is 4.37. The predicted molar refractivity (Wildman–Crippen MR) is 45.2 cm³/mol. The molecule has 0 rings (SSSR count). The zero-order valence-corrected chi connectivity index (χ0v) is 8.06. The summed E-state index contributed by atoms with van der Waals surface area (Å²) in [5.74, 6) is 0.0746. The molecular weight excluding hydrogens is 164 g/mol. The molecule has 3 nitrogen and oxygen atoms in total. The van der Waals surface area contributed by atoms with E-state index in [0.29, 0.717) is 0 Å². The van der Waals surface area contributed by atoms with Gasteiger partial charge in [0.1, 0.15) is 9.84 Å². The molecular formula is C7H16O3S. The minimum Gasteiger partial charge on any atom is -0.393 e. The molecule has 2 unspecified atom stereocenters. The molecule has 0 aromatic heterocycles. The van der Waals surface area contributed by atoms with Crippen LogP contribution in [-0.4, -0.2) is 31.1 Å². The molecule has 0 amide bonds. The number of aliphatic hydroxyl groups is 1. The molecule has 0 radical (unpaired) electrons. The molecule has 0 aliphatic carbocycles. The summed E-state index contributed by atoms with van der Waals surface area (Å²) in [6.45, 7) is 4.96. The molecule has 0 spiro atoms. The Hall–Kier alpha value is -0.0900. The highest BCUT2D eigenvalue weighted by atomic mass is 32.2. The van der Waals surface area contributed by atoms with Crippen molar-refractivity contribution < 1.29 is 13.5 Å². The SMILES string of the molecule is CCS(=O)(=O)CC(C)C(C)O. The van der Waals surface area contributed by atoms with Gasteiger partial charge >= 0.3 is 0 Å². The van der Waals surface area contributed by atoms with Crippen LogP contribution in [0.25, 0.3) is 0 Å². The van der Waals surface area contributed by atoms with Crippen LogP contribution in [-0.2, 0) is 9.84 Å². The maximum absolute atomic E-state index is 11.0. The molecule has 0 aromatic rings. The highest BCUT2D eigenvalue weighted by molar-refractivity contribution is 7.91. The zero-order valence-electron chi connectivity index (χ0n) is 7.24. The Labute approximate surface area is 68.3 Å². The largest absolute Gasteiger partial charge is 0.393 e. The highest BCUT2D eigenvalue weighted by Gasteiger charge is 2.16. The van der Waals surface area contributed by atoms with Crippen molar-refractivity contribution >= 4 is 9.84 Å². The third-order valence-electron chi connectivity index (χ3n) is 1.78. The van der Waals surface area contributed by atoms with E-state index in [2.05, 4.69) is 0 Å². The molecule has 1 N–H and O–H groups in total. The second kappa shape index (κ2) is 4.07. The van der Waals surface area contributed by atoms with Crippen LogP contribution in [0, 0.1) is 5.92 Å². The monoisotopic (exact) mass is 180 g/mol. The van der Waals surface area contributed by atoms with E-state index >= 15 is 0 Å². The maximum Gasteiger partial charge on any atom is 0.150 e. The summed E-state index contributed by atoms with van der Waals surface area (Å²) >= 11 is 0. The smallest absolute Gasteiger partial charge is 0.150 e. The van der Waals surface area contributed by atoms with E-state index in [4.69, 9.17) is 5.11 Å². The van der Waals surface area contributed by atoms with Gasteiger partial charge in [-0.3, -0.25) is 0 Å². The average Bonchev–Trinajstić information content (AvgIpc) is 1.87. The van der Waals surface area contributed by atoms with Crippen molar-refractivity contribution in [3.8, 4) is 0 Å². The Morgan fingerprint density at radius 1 is 1.36 bits per heavy atom. The lowest BCUT2D eigenvalue weighted by Crippen LogP contribution is -2.23. The quantitative estimate of drug-likeness (QED) is 0.683. The van der Waals surface area contributed by atoms with Crippen molar-refractivity contribution in [2.24, 2.45) is 5.92 Å². The normalized spacial score (nSPS) is 17.8. The second-order valence-corrected chi connectivity index (χ2v) is 5.31. The summed E-state index contributed by atoms with van der Waals surface area (Å²) < 4.78 is 22.0. The molecule has 0 saturated heterocycles. The molecule has 0 aliphatic rings. The van der Waals surface area contributed by atoms with Crippen LogP contribution < -0.4 is 0 Å². The Balaban J connectivity index is 4.05. The van der Waals surface area contributed by atoms with Crippen molar-refractivity contribution in [3.05, 3.63) is 0 Å². The summed E-state index contributed by atoms with van der Waals surface area (Å²) in [6, 6.07) is 0. The molecule has 0 fully saturated rings. The standard InChI is InChI=1S/C7H16O3S/c1-4-11(9,10)5-6(2)7(3)8/h6-8H,4-5H2,1-3H3. The molecule has 2 atom stereocenters. The van der Waals surface area contributed by atoms with E-state index < -0.39 is 15.9 Å². The van der Waals surface area contributed by atoms with Gasteiger partial charge in [0.25, 0.3) is 0 Å². The van der Waals surface area contributed by atoms with E-state index in [1.165, 1.54) is 0 Å². The van der Waals surface area contributed by atoms with Crippen LogP contribution in [0.15, 0.2) is 0 Å². The van der Waals surface area contributed by atoms with Crippen molar-refractivity contribution in [3.63, 3.8) is 0 Å². The first-order valence-electron chi connectivity index (χ1n) is 3.77. The van der Waals surface area contributed by atoms with Crippen LogP contribution in [0.2, 0.25) is 0 Å². The van der Waals surface area contributed by atoms with Gasteiger partial charge in [0.05, 0.1) is 11.9 Å². The van der Waals surface area contributed by atoms with E-state index in [-0.39, 0.29) is 17.4 Å².